The lowest BCUT2D eigenvalue weighted by Crippen LogP contribution is -2.40. The molecular formula is C24H32FN3O. The molecule has 5 heteroatoms. The summed E-state index contributed by atoms with van der Waals surface area (Å²) in [6.07, 6.45) is 8.86. The zero-order chi connectivity index (χ0) is 19.9. The molecule has 1 atom stereocenters. The summed E-state index contributed by atoms with van der Waals surface area (Å²) < 4.78 is 19.8. The van der Waals surface area contributed by atoms with Gasteiger partial charge in [0.05, 0.1) is 6.10 Å². The van der Waals surface area contributed by atoms with Crippen LogP contribution in [0.4, 0.5) is 4.39 Å². The lowest BCUT2D eigenvalue weighted by atomic mass is 9.95. The highest BCUT2D eigenvalue weighted by atomic mass is 19.1. The third-order valence-electron chi connectivity index (χ3n) is 6.19. The van der Waals surface area contributed by atoms with Gasteiger partial charge in [0.25, 0.3) is 0 Å². The van der Waals surface area contributed by atoms with Crippen molar-refractivity contribution in [3.05, 3.63) is 65.7 Å². The molecular weight excluding hydrogens is 365 g/mol. The van der Waals surface area contributed by atoms with Crippen LogP contribution in [0.1, 0.15) is 36.8 Å². The third kappa shape index (κ3) is 6.08. The van der Waals surface area contributed by atoms with Gasteiger partial charge in [-0.25, -0.2) is 4.39 Å². The Morgan fingerprint density at radius 3 is 2.66 bits per heavy atom. The largest absolute Gasteiger partial charge is 0.377 e. The van der Waals surface area contributed by atoms with Crippen LogP contribution in [0.25, 0.3) is 0 Å². The fourth-order valence-corrected chi connectivity index (χ4v) is 4.59. The van der Waals surface area contributed by atoms with Crippen molar-refractivity contribution in [1.82, 2.24) is 14.8 Å². The lowest BCUT2D eigenvalue weighted by Gasteiger charge is -2.35. The highest BCUT2D eigenvalue weighted by molar-refractivity contribution is 5.17. The molecule has 0 radical (unpaired) electrons. The number of halogens is 1. The van der Waals surface area contributed by atoms with E-state index in [0.29, 0.717) is 18.6 Å². The van der Waals surface area contributed by atoms with Crippen molar-refractivity contribution in [2.45, 2.75) is 44.9 Å². The maximum absolute atomic E-state index is 13.9. The summed E-state index contributed by atoms with van der Waals surface area (Å²) in [5.74, 6) is 0.596. The number of ether oxygens (including phenoxy) is 1. The monoisotopic (exact) mass is 397 g/mol. The number of benzene rings is 1. The molecule has 4 rings (SSSR count). The predicted molar refractivity (Wildman–Crippen MR) is 113 cm³/mol. The first-order chi connectivity index (χ1) is 14.3. The zero-order valence-electron chi connectivity index (χ0n) is 17.2. The molecule has 0 aliphatic carbocycles. The van der Waals surface area contributed by atoms with Crippen molar-refractivity contribution in [2.24, 2.45) is 5.92 Å². The maximum Gasteiger partial charge on any atom is 0.127 e. The first kappa shape index (κ1) is 20.5. The Bertz CT molecular complexity index is 743. The van der Waals surface area contributed by atoms with Crippen LogP contribution in [0.3, 0.4) is 0 Å². The van der Waals surface area contributed by atoms with Crippen molar-refractivity contribution in [3.63, 3.8) is 0 Å². The van der Waals surface area contributed by atoms with Crippen LogP contribution in [-0.2, 0) is 17.8 Å². The van der Waals surface area contributed by atoms with Crippen molar-refractivity contribution in [2.75, 3.05) is 32.8 Å². The first-order valence-corrected chi connectivity index (χ1v) is 10.9. The molecule has 0 spiro atoms. The number of likely N-dealkylation sites (tertiary alicyclic amines) is 1. The standard InChI is InChI=1S/C24H32FN3O/c25-24-8-2-1-6-22(24)18-27-12-9-20(10-13-27)16-28(19-23-7-4-14-29-23)17-21-5-3-11-26-15-21/h1-3,5-6,8,11,15,20,23H,4,7,9-10,12-14,16-19H2. The predicted octanol–water partition coefficient (Wildman–Crippen LogP) is 4.11. The molecule has 156 valence electrons. The molecule has 0 saturated carbocycles. The summed E-state index contributed by atoms with van der Waals surface area (Å²) in [6, 6.07) is 11.3. The van der Waals surface area contributed by atoms with Gasteiger partial charge in [-0.3, -0.25) is 14.8 Å². The van der Waals surface area contributed by atoms with Crippen LogP contribution in [-0.4, -0.2) is 53.7 Å². The molecule has 0 bridgehead atoms. The number of rotatable bonds is 8. The Morgan fingerprint density at radius 1 is 1.07 bits per heavy atom. The second-order valence-corrected chi connectivity index (χ2v) is 8.50. The van der Waals surface area contributed by atoms with Gasteiger partial charge in [0.15, 0.2) is 0 Å². The van der Waals surface area contributed by atoms with Gasteiger partial charge in [0, 0.05) is 50.7 Å². The molecule has 2 aliphatic rings. The van der Waals surface area contributed by atoms with Crippen LogP contribution in [0.5, 0.6) is 0 Å². The van der Waals surface area contributed by atoms with E-state index >= 15 is 0 Å². The highest BCUT2D eigenvalue weighted by Gasteiger charge is 2.25. The quantitative estimate of drug-likeness (QED) is 0.670. The van der Waals surface area contributed by atoms with Crippen molar-refractivity contribution in [1.29, 1.82) is 0 Å². The smallest absolute Gasteiger partial charge is 0.127 e. The number of pyridine rings is 1. The molecule has 3 heterocycles. The molecule has 1 aromatic carbocycles. The Hall–Kier alpha value is -1.82. The fraction of sp³-hybridized carbons (Fsp3) is 0.542. The van der Waals surface area contributed by atoms with Crippen molar-refractivity contribution < 1.29 is 9.13 Å². The third-order valence-corrected chi connectivity index (χ3v) is 6.19. The van der Waals surface area contributed by atoms with Crippen LogP contribution >= 0.6 is 0 Å². The van der Waals surface area contributed by atoms with Gasteiger partial charge in [-0.15, -0.1) is 0 Å². The Balaban J connectivity index is 1.30. The van der Waals surface area contributed by atoms with Crippen molar-refractivity contribution >= 4 is 0 Å². The Labute approximate surface area is 173 Å². The van der Waals surface area contributed by atoms with E-state index in [1.807, 2.05) is 30.6 Å². The van der Waals surface area contributed by atoms with Crippen LogP contribution in [0.2, 0.25) is 0 Å². The second-order valence-electron chi connectivity index (χ2n) is 8.50. The van der Waals surface area contributed by atoms with Crippen molar-refractivity contribution in [3.8, 4) is 0 Å². The zero-order valence-corrected chi connectivity index (χ0v) is 17.2. The molecule has 1 aromatic heterocycles. The maximum atomic E-state index is 13.9. The summed E-state index contributed by atoms with van der Waals surface area (Å²) in [6.45, 7) is 6.74. The van der Waals surface area contributed by atoms with Gasteiger partial charge >= 0.3 is 0 Å². The Morgan fingerprint density at radius 2 is 1.93 bits per heavy atom. The molecule has 2 saturated heterocycles. The van der Waals surface area contributed by atoms with E-state index in [2.05, 4.69) is 20.9 Å². The number of aromatic nitrogens is 1. The summed E-state index contributed by atoms with van der Waals surface area (Å²) >= 11 is 0. The minimum absolute atomic E-state index is 0.0890. The van der Waals surface area contributed by atoms with Crippen LogP contribution in [0, 0.1) is 11.7 Å². The van der Waals surface area contributed by atoms with E-state index in [0.717, 1.165) is 44.9 Å². The fourth-order valence-electron chi connectivity index (χ4n) is 4.59. The minimum Gasteiger partial charge on any atom is -0.377 e. The van der Waals surface area contributed by atoms with E-state index < -0.39 is 0 Å². The summed E-state index contributed by atoms with van der Waals surface area (Å²) in [5, 5.41) is 0. The molecule has 29 heavy (non-hydrogen) atoms. The average Bonchev–Trinajstić information content (AvgIpc) is 3.25. The van der Waals surface area contributed by atoms with Crippen LogP contribution in [0.15, 0.2) is 48.8 Å². The second kappa shape index (κ2) is 10.3. The summed E-state index contributed by atoms with van der Waals surface area (Å²) in [5.41, 5.74) is 2.07. The van der Waals surface area contributed by atoms with Gasteiger partial charge in [-0.1, -0.05) is 24.3 Å². The molecule has 0 amide bonds. The average molecular weight is 398 g/mol. The number of hydrogen-bond acceptors (Lipinski definition) is 4. The van der Waals surface area contributed by atoms with E-state index in [4.69, 9.17) is 4.74 Å². The van der Waals surface area contributed by atoms with E-state index in [9.17, 15) is 4.39 Å². The minimum atomic E-state index is -0.0890. The van der Waals surface area contributed by atoms with Gasteiger partial charge in [0.2, 0.25) is 0 Å². The van der Waals surface area contributed by atoms with E-state index in [1.165, 1.54) is 31.2 Å². The van der Waals surface area contributed by atoms with Gasteiger partial charge < -0.3 is 4.74 Å². The Kier molecular flexibility index (Phi) is 7.25. The number of nitrogens with zero attached hydrogens (tertiary/aromatic N) is 3. The van der Waals surface area contributed by atoms with E-state index in [-0.39, 0.29) is 5.82 Å². The summed E-state index contributed by atoms with van der Waals surface area (Å²) in [7, 11) is 0. The van der Waals surface area contributed by atoms with Gasteiger partial charge in [0.1, 0.15) is 5.82 Å². The topological polar surface area (TPSA) is 28.6 Å². The molecule has 2 fully saturated rings. The normalized spacial score (nSPS) is 21.1. The number of hydrogen-bond donors (Lipinski definition) is 0. The highest BCUT2D eigenvalue weighted by Crippen LogP contribution is 2.23. The lowest BCUT2D eigenvalue weighted by molar-refractivity contribution is 0.0569. The summed E-state index contributed by atoms with van der Waals surface area (Å²) in [4.78, 5) is 9.23. The molecule has 1 unspecified atom stereocenters. The first-order valence-electron chi connectivity index (χ1n) is 10.9. The molecule has 2 aromatic rings. The molecule has 0 N–H and O–H groups in total. The molecule has 4 nitrogen and oxygen atoms in total. The van der Waals surface area contributed by atoms with Gasteiger partial charge in [-0.05, 0) is 62.4 Å². The van der Waals surface area contributed by atoms with E-state index in [1.54, 1.807) is 12.1 Å². The molecule has 2 aliphatic heterocycles. The van der Waals surface area contributed by atoms with Crippen LogP contribution < -0.4 is 0 Å². The number of piperidine rings is 1. The van der Waals surface area contributed by atoms with Gasteiger partial charge in [-0.2, -0.15) is 0 Å². The SMILES string of the molecule is Fc1ccccc1CN1CCC(CN(Cc2cccnc2)CC2CCCO2)CC1.